The molecule has 0 radical (unpaired) electrons. The molecule has 0 atom stereocenters. The second-order valence-corrected chi connectivity index (χ2v) is 3.13. The quantitative estimate of drug-likeness (QED) is 0.704. The van der Waals surface area contributed by atoms with E-state index in [4.69, 9.17) is 5.73 Å². The normalized spacial score (nSPS) is 10.9. The van der Waals surface area contributed by atoms with Crippen molar-refractivity contribution in [3.63, 3.8) is 0 Å². The molecule has 0 amide bonds. The summed E-state index contributed by atoms with van der Waals surface area (Å²) >= 11 is 0. The molecule has 62 valence electrons. The first-order valence-corrected chi connectivity index (χ1v) is 3.94. The van der Waals surface area contributed by atoms with Crippen LogP contribution in [-0.2, 0) is 13.1 Å². The average Bonchev–Trinajstić information content (AvgIpc) is 2.34. The first-order valence-electron chi connectivity index (χ1n) is 3.94. The molecular formula is C8H15N3. The summed E-state index contributed by atoms with van der Waals surface area (Å²) in [7, 11) is 0. The standard InChI is InChI=1S/C8H15N3/c1-7(2)6-11-4-3-8(5-9)10-11/h3-4,7H,5-6,9H2,1-2H3. The van der Waals surface area contributed by atoms with Gasteiger partial charge in [0.2, 0.25) is 0 Å². The molecule has 0 aliphatic rings. The SMILES string of the molecule is CC(C)Cn1ccc(CN)n1. The maximum absolute atomic E-state index is 5.42. The van der Waals surface area contributed by atoms with Crippen LogP contribution < -0.4 is 5.73 Å². The van der Waals surface area contributed by atoms with Crippen LogP contribution in [-0.4, -0.2) is 9.78 Å². The molecule has 0 saturated heterocycles. The van der Waals surface area contributed by atoms with Crippen molar-refractivity contribution in [3.8, 4) is 0 Å². The van der Waals surface area contributed by atoms with E-state index in [1.54, 1.807) is 0 Å². The van der Waals surface area contributed by atoms with Crippen LogP contribution in [0.2, 0.25) is 0 Å². The predicted molar refractivity (Wildman–Crippen MR) is 45.0 cm³/mol. The molecule has 1 rings (SSSR count). The van der Waals surface area contributed by atoms with Crippen molar-refractivity contribution in [2.75, 3.05) is 0 Å². The summed E-state index contributed by atoms with van der Waals surface area (Å²) in [5.74, 6) is 0.639. The molecule has 3 nitrogen and oxygen atoms in total. The minimum Gasteiger partial charge on any atom is -0.325 e. The zero-order chi connectivity index (χ0) is 8.27. The molecular weight excluding hydrogens is 138 g/mol. The summed E-state index contributed by atoms with van der Waals surface area (Å²) in [6.45, 7) is 5.85. The summed E-state index contributed by atoms with van der Waals surface area (Å²) in [5.41, 5.74) is 6.38. The third-order valence-corrected chi connectivity index (χ3v) is 1.46. The summed E-state index contributed by atoms with van der Waals surface area (Å²) in [5, 5.41) is 4.26. The molecule has 0 aliphatic heterocycles. The van der Waals surface area contributed by atoms with E-state index in [0.29, 0.717) is 12.5 Å². The zero-order valence-corrected chi connectivity index (χ0v) is 7.12. The fourth-order valence-electron chi connectivity index (χ4n) is 0.988. The number of nitrogens with zero attached hydrogens (tertiary/aromatic N) is 2. The van der Waals surface area contributed by atoms with E-state index in [0.717, 1.165) is 12.2 Å². The van der Waals surface area contributed by atoms with Crippen molar-refractivity contribution >= 4 is 0 Å². The molecule has 1 aromatic heterocycles. The van der Waals surface area contributed by atoms with Crippen molar-refractivity contribution in [2.45, 2.75) is 26.9 Å². The van der Waals surface area contributed by atoms with E-state index >= 15 is 0 Å². The topological polar surface area (TPSA) is 43.8 Å². The van der Waals surface area contributed by atoms with E-state index in [1.807, 2.05) is 16.9 Å². The number of hydrogen-bond acceptors (Lipinski definition) is 2. The van der Waals surface area contributed by atoms with Gasteiger partial charge in [0, 0.05) is 19.3 Å². The van der Waals surface area contributed by atoms with E-state index < -0.39 is 0 Å². The fourth-order valence-corrected chi connectivity index (χ4v) is 0.988. The van der Waals surface area contributed by atoms with Crippen molar-refractivity contribution in [3.05, 3.63) is 18.0 Å². The van der Waals surface area contributed by atoms with Gasteiger partial charge in [0.05, 0.1) is 5.69 Å². The maximum atomic E-state index is 5.42. The third-order valence-electron chi connectivity index (χ3n) is 1.46. The zero-order valence-electron chi connectivity index (χ0n) is 7.12. The summed E-state index contributed by atoms with van der Waals surface area (Å²) in [6.07, 6.45) is 1.97. The Kier molecular flexibility index (Phi) is 2.65. The van der Waals surface area contributed by atoms with Gasteiger partial charge in [-0.25, -0.2) is 0 Å². The molecule has 1 heterocycles. The molecule has 0 bridgehead atoms. The highest BCUT2D eigenvalue weighted by atomic mass is 15.3. The van der Waals surface area contributed by atoms with Gasteiger partial charge in [-0.3, -0.25) is 4.68 Å². The Morgan fingerprint density at radius 1 is 1.64 bits per heavy atom. The highest BCUT2D eigenvalue weighted by molar-refractivity contribution is 4.97. The Hall–Kier alpha value is -0.830. The Morgan fingerprint density at radius 2 is 2.36 bits per heavy atom. The first kappa shape index (κ1) is 8.27. The maximum Gasteiger partial charge on any atom is 0.0760 e. The first-order chi connectivity index (χ1) is 5.22. The lowest BCUT2D eigenvalue weighted by Crippen LogP contribution is -2.06. The van der Waals surface area contributed by atoms with Gasteiger partial charge in [-0.1, -0.05) is 13.8 Å². The van der Waals surface area contributed by atoms with Crippen LogP contribution in [0.15, 0.2) is 12.3 Å². The van der Waals surface area contributed by atoms with Gasteiger partial charge in [0.15, 0.2) is 0 Å². The molecule has 0 saturated carbocycles. The van der Waals surface area contributed by atoms with Crippen LogP contribution in [0.25, 0.3) is 0 Å². The number of hydrogen-bond donors (Lipinski definition) is 1. The van der Waals surface area contributed by atoms with Crippen molar-refractivity contribution in [1.82, 2.24) is 9.78 Å². The van der Waals surface area contributed by atoms with Crippen molar-refractivity contribution < 1.29 is 0 Å². The molecule has 0 spiro atoms. The van der Waals surface area contributed by atoms with Gasteiger partial charge in [-0.15, -0.1) is 0 Å². The minimum atomic E-state index is 0.533. The Bertz CT molecular complexity index is 215. The van der Waals surface area contributed by atoms with Crippen molar-refractivity contribution in [1.29, 1.82) is 0 Å². The lowest BCUT2D eigenvalue weighted by molar-refractivity contribution is 0.480. The van der Waals surface area contributed by atoms with Crippen LogP contribution >= 0.6 is 0 Å². The van der Waals surface area contributed by atoms with Gasteiger partial charge < -0.3 is 5.73 Å². The van der Waals surface area contributed by atoms with Gasteiger partial charge in [-0.2, -0.15) is 5.10 Å². The third kappa shape index (κ3) is 2.35. The molecule has 0 fully saturated rings. The smallest absolute Gasteiger partial charge is 0.0760 e. The molecule has 1 aromatic rings. The van der Waals surface area contributed by atoms with Gasteiger partial charge in [0.25, 0.3) is 0 Å². The summed E-state index contributed by atoms with van der Waals surface area (Å²) in [6, 6.07) is 1.96. The van der Waals surface area contributed by atoms with E-state index in [1.165, 1.54) is 0 Å². The predicted octanol–water partition coefficient (Wildman–Crippen LogP) is 0.998. The molecule has 3 heteroatoms. The Labute approximate surface area is 67.2 Å². The van der Waals surface area contributed by atoms with Crippen LogP contribution in [0.1, 0.15) is 19.5 Å². The molecule has 11 heavy (non-hydrogen) atoms. The van der Waals surface area contributed by atoms with E-state index in [-0.39, 0.29) is 0 Å². The van der Waals surface area contributed by atoms with Crippen molar-refractivity contribution in [2.24, 2.45) is 11.7 Å². The minimum absolute atomic E-state index is 0.533. The summed E-state index contributed by atoms with van der Waals surface area (Å²) < 4.78 is 1.94. The average molecular weight is 153 g/mol. The van der Waals surface area contributed by atoms with Crippen LogP contribution in [0.4, 0.5) is 0 Å². The Balaban J connectivity index is 2.58. The van der Waals surface area contributed by atoms with Crippen LogP contribution in [0.3, 0.4) is 0 Å². The second-order valence-electron chi connectivity index (χ2n) is 3.13. The van der Waals surface area contributed by atoms with Crippen LogP contribution in [0, 0.1) is 5.92 Å². The highest BCUT2D eigenvalue weighted by Crippen LogP contribution is 1.99. The van der Waals surface area contributed by atoms with Gasteiger partial charge >= 0.3 is 0 Å². The molecule has 0 aliphatic carbocycles. The largest absolute Gasteiger partial charge is 0.325 e. The van der Waals surface area contributed by atoms with Crippen LogP contribution in [0.5, 0.6) is 0 Å². The lowest BCUT2D eigenvalue weighted by atomic mass is 10.2. The molecule has 0 unspecified atom stereocenters. The second kappa shape index (κ2) is 3.53. The number of rotatable bonds is 3. The van der Waals surface area contributed by atoms with Gasteiger partial charge in [0.1, 0.15) is 0 Å². The van der Waals surface area contributed by atoms with Gasteiger partial charge in [-0.05, 0) is 12.0 Å². The number of nitrogens with two attached hydrogens (primary N) is 1. The Morgan fingerprint density at radius 3 is 2.82 bits per heavy atom. The van der Waals surface area contributed by atoms with E-state index in [9.17, 15) is 0 Å². The number of aromatic nitrogens is 2. The molecule has 0 aromatic carbocycles. The highest BCUT2D eigenvalue weighted by Gasteiger charge is 1.98. The fraction of sp³-hybridized carbons (Fsp3) is 0.625. The van der Waals surface area contributed by atoms with E-state index in [2.05, 4.69) is 18.9 Å². The summed E-state index contributed by atoms with van der Waals surface area (Å²) in [4.78, 5) is 0. The lowest BCUT2D eigenvalue weighted by Gasteiger charge is -2.03. The monoisotopic (exact) mass is 153 g/mol. The molecule has 2 N–H and O–H groups in total.